The molecule has 2 fully saturated rings. The fraction of sp³-hybridized carbons (Fsp3) is 0.938. The molecule has 2 bridgehead atoms. The summed E-state index contributed by atoms with van der Waals surface area (Å²) < 4.78 is 20.8. The molecule has 0 amide bonds. The van der Waals surface area contributed by atoms with Crippen LogP contribution < -0.4 is 4.72 Å². The predicted octanol–water partition coefficient (Wildman–Crippen LogP) is 2.79. The van der Waals surface area contributed by atoms with E-state index in [0.717, 1.165) is 25.7 Å². The van der Waals surface area contributed by atoms with Gasteiger partial charge in [0.1, 0.15) is 0 Å². The van der Waals surface area contributed by atoms with Gasteiger partial charge in [0.2, 0.25) is 0 Å². The molecule has 0 aromatic heterocycles. The molecule has 0 aromatic carbocycles. The quantitative estimate of drug-likeness (QED) is 0.812. The summed E-state index contributed by atoms with van der Waals surface area (Å²) in [5, 5.41) is 0. The van der Waals surface area contributed by atoms with Crippen LogP contribution in [0.2, 0.25) is 0 Å². The summed E-state index contributed by atoms with van der Waals surface area (Å²) in [5.41, 5.74) is 0. The van der Waals surface area contributed by atoms with E-state index in [1.54, 1.807) is 0 Å². The van der Waals surface area contributed by atoms with Gasteiger partial charge in [-0.25, -0.2) is 8.93 Å². The van der Waals surface area contributed by atoms with Crippen molar-refractivity contribution in [2.75, 3.05) is 0 Å². The number of hydrogen-bond donors (Lipinski definition) is 1. The van der Waals surface area contributed by atoms with Gasteiger partial charge in [0, 0.05) is 6.04 Å². The average Bonchev–Trinajstić information content (AvgIpc) is 2.59. The summed E-state index contributed by atoms with van der Waals surface area (Å²) in [6.45, 7) is 9.76. The molecule has 2 rings (SSSR count). The first kappa shape index (κ1) is 16.9. The number of carbonyl (C=O) groups is 1. The van der Waals surface area contributed by atoms with E-state index < -0.39 is 11.0 Å². The second-order valence-corrected chi connectivity index (χ2v) is 9.77. The Bertz CT molecular complexity index is 402. The van der Waals surface area contributed by atoms with Crippen LogP contribution >= 0.6 is 0 Å². The lowest BCUT2D eigenvalue weighted by Gasteiger charge is -2.36. The van der Waals surface area contributed by atoms with Crippen LogP contribution in [0.4, 0.5) is 0 Å². The van der Waals surface area contributed by atoms with Crippen LogP contribution in [0.25, 0.3) is 0 Å². The lowest BCUT2D eigenvalue weighted by molar-refractivity contribution is -0.154. The zero-order valence-corrected chi connectivity index (χ0v) is 14.7. The Kier molecular flexibility index (Phi) is 5.14. The molecule has 3 atom stereocenters. The summed E-state index contributed by atoms with van der Waals surface area (Å²) in [4.78, 5) is 12.1. The number of esters is 1. The molecule has 0 aliphatic heterocycles. The Morgan fingerprint density at radius 2 is 1.71 bits per heavy atom. The van der Waals surface area contributed by atoms with Crippen LogP contribution in [-0.2, 0) is 20.5 Å². The third-order valence-electron chi connectivity index (χ3n) is 4.58. The zero-order valence-electron chi connectivity index (χ0n) is 13.8. The molecular formula is C16H29NO3S. The Balaban J connectivity index is 1.96. The molecule has 0 spiro atoms. The van der Waals surface area contributed by atoms with Crippen molar-refractivity contribution in [2.45, 2.75) is 77.2 Å². The third-order valence-corrected chi connectivity index (χ3v) is 6.18. The maximum Gasteiger partial charge on any atom is 0.309 e. The van der Waals surface area contributed by atoms with Gasteiger partial charge in [-0.05, 0) is 72.1 Å². The number of fused-ring (bicyclic) bond motifs is 2. The van der Waals surface area contributed by atoms with Gasteiger partial charge in [0.15, 0.2) is 0 Å². The Morgan fingerprint density at radius 3 is 2.14 bits per heavy atom. The van der Waals surface area contributed by atoms with E-state index in [9.17, 15) is 9.00 Å². The van der Waals surface area contributed by atoms with Crippen LogP contribution in [0.5, 0.6) is 0 Å². The van der Waals surface area contributed by atoms with Gasteiger partial charge in [-0.1, -0.05) is 0 Å². The van der Waals surface area contributed by atoms with Crippen molar-refractivity contribution in [3.05, 3.63) is 0 Å². The van der Waals surface area contributed by atoms with Crippen LogP contribution in [0.3, 0.4) is 0 Å². The van der Waals surface area contributed by atoms with Gasteiger partial charge in [0.25, 0.3) is 0 Å². The van der Waals surface area contributed by atoms with E-state index in [1.807, 2.05) is 34.6 Å². The standard InChI is InChI=1S/C16H29NO3S/c1-10(2)20-15(18)13-8-11-6-7-12(9-13)14(11)17-21(19)16(3,4)5/h10-14,17H,6-9H2,1-5H3. The minimum absolute atomic E-state index is 0.0334. The Labute approximate surface area is 131 Å². The molecule has 0 heterocycles. The summed E-state index contributed by atoms with van der Waals surface area (Å²) >= 11 is 0. The second kappa shape index (κ2) is 6.37. The maximum absolute atomic E-state index is 12.3. The van der Waals surface area contributed by atoms with Gasteiger partial charge in [0.05, 0.1) is 27.8 Å². The maximum atomic E-state index is 12.3. The number of hydrogen-bond acceptors (Lipinski definition) is 3. The van der Waals surface area contributed by atoms with Gasteiger partial charge in [-0.3, -0.25) is 4.79 Å². The number of nitrogens with one attached hydrogen (secondary N) is 1. The first-order valence-electron chi connectivity index (χ1n) is 8.07. The first-order valence-corrected chi connectivity index (χ1v) is 9.22. The van der Waals surface area contributed by atoms with Gasteiger partial charge in [-0.2, -0.15) is 0 Å². The smallest absolute Gasteiger partial charge is 0.309 e. The fourth-order valence-electron chi connectivity index (χ4n) is 3.54. The minimum atomic E-state index is -1.03. The van der Waals surface area contributed by atoms with E-state index >= 15 is 0 Å². The molecule has 21 heavy (non-hydrogen) atoms. The van der Waals surface area contributed by atoms with Crippen molar-refractivity contribution in [2.24, 2.45) is 17.8 Å². The van der Waals surface area contributed by atoms with E-state index in [-0.39, 0.29) is 22.7 Å². The van der Waals surface area contributed by atoms with Crippen molar-refractivity contribution in [3.8, 4) is 0 Å². The third kappa shape index (κ3) is 4.07. The number of rotatable bonds is 4. The molecule has 1 N–H and O–H groups in total. The molecule has 0 aromatic rings. The molecule has 5 heteroatoms. The molecule has 2 aliphatic carbocycles. The molecule has 3 unspecified atom stereocenters. The Morgan fingerprint density at radius 1 is 1.19 bits per heavy atom. The molecule has 2 saturated carbocycles. The van der Waals surface area contributed by atoms with E-state index in [1.165, 1.54) is 0 Å². The van der Waals surface area contributed by atoms with Crippen LogP contribution in [-0.4, -0.2) is 27.1 Å². The van der Waals surface area contributed by atoms with Gasteiger partial charge >= 0.3 is 5.97 Å². The zero-order chi connectivity index (χ0) is 15.8. The van der Waals surface area contributed by atoms with E-state index in [2.05, 4.69) is 4.72 Å². The van der Waals surface area contributed by atoms with Crippen molar-refractivity contribution in [1.82, 2.24) is 4.72 Å². The monoisotopic (exact) mass is 315 g/mol. The van der Waals surface area contributed by atoms with Crippen molar-refractivity contribution < 1.29 is 13.7 Å². The molecule has 0 radical (unpaired) electrons. The lowest BCUT2D eigenvalue weighted by Crippen LogP contribution is -2.48. The highest BCUT2D eigenvalue weighted by atomic mass is 32.2. The summed E-state index contributed by atoms with van der Waals surface area (Å²) in [6.07, 6.45) is 3.98. The highest BCUT2D eigenvalue weighted by Gasteiger charge is 2.46. The summed E-state index contributed by atoms with van der Waals surface area (Å²) in [7, 11) is -1.03. The van der Waals surface area contributed by atoms with E-state index in [4.69, 9.17) is 4.74 Å². The fourth-order valence-corrected chi connectivity index (χ4v) is 4.53. The SMILES string of the molecule is CC(C)OC(=O)C1CC2CCC(C1)C2NS(=O)C(C)(C)C. The van der Waals surface area contributed by atoms with E-state index in [0.29, 0.717) is 17.9 Å². The molecule has 4 nitrogen and oxygen atoms in total. The Hall–Kier alpha value is -0.420. The molecule has 0 saturated heterocycles. The summed E-state index contributed by atoms with van der Waals surface area (Å²) in [6, 6.07) is 0.299. The van der Waals surface area contributed by atoms with Crippen LogP contribution in [0, 0.1) is 17.8 Å². The largest absolute Gasteiger partial charge is 0.463 e. The van der Waals surface area contributed by atoms with Crippen LogP contribution in [0.1, 0.15) is 60.3 Å². The second-order valence-electron chi connectivity index (χ2n) is 7.78. The highest BCUT2D eigenvalue weighted by Crippen LogP contribution is 2.45. The van der Waals surface area contributed by atoms with Crippen molar-refractivity contribution in [3.63, 3.8) is 0 Å². The van der Waals surface area contributed by atoms with Crippen molar-refractivity contribution >= 4 is 17.0 Å². The minimum Gasteiger partial charge on any atom is -0.463 e. The number of carbonyl (C=O) groups excluding carboxylic acids is 1. The predicted molar refractivity (Wildman–Crippen MR) is 85.0 cm³/mol. The van der Waals surface area contributed by atoms with Crippen molar-refractivity contribution in [1.29, 1.82) is 0 Å². The average molecular weight is 315 g/mol. The van der Waals surface area contributed by atoms with Gasteiger partial charge in [-0.15, -0.1) is 0 Å². The number of ether oxygens (including phenoxy) is 1. The first-order chi connectivity index (χ1) is 9.68. The molecular weight excluding hydrogens is 286 g/mol. The topological polar surface area (TPSA) is 55.4 Å². The van der Waals surface area contributed by atoms with Crippen LogP contribution in [0.15, 0.2) is 0 Å². The highest BCUT2D eigenvalue weighted by molar-refractivity contribution is 7.84. The molecule has 122 valence electrons. The van der Waals surface area contributed by atoms with Gasteiger partial charge < -0.3 is 4.74 Å². The lowest BCUT2D eigenvalue weighted by atomic mass is 9.78. The molecule has 2 aliphatic rings. The normalized spacial score (nSPS) is 34.0. The summed E-state index contributed by atoms with van der Waals surface area (Å²) in [5.74, 6) is 0.905.